The smallest absolute Gasteiger partial charge is 0.129 e. The average Bonchev–Trinajstić information content (AvgIpc) is 2.33. The Balaban J connectivity index is 2.18. The summed E-state index contributed by atoms with van der Waals surface area (Å²) in [6.07, 6.45) is 0. The summed E-state index contributed by atoms with van der Waals surface area (Å²) in [5.41, 5.74) is 2.43. The maximum Gasteiger partial charge on any atom is 0.129 e. The molecule has 0 aromatic carbocycles. The zero-order chi connectivity index (χ0) is 12.3. The molecule has 4 heteroatoms. The summed E-state index contributed by atoms with van der Waals surface area (Å²) in [7, 11) is 1.97. The van der Waals surface area contributed by atoms with E-state index >= 15 is 0 Å². The van der Waals surface area contributed by atoms with Crippen molar-refractivity contribution in [1.82, 2.24) is 10.3 Å². The quantitative estimate of drug-likeness (QED) is 0.890. The first-order valence-corrected chi connectivity index (χ1v) is 7.33. The van der Waals surface area contributed by atoms with Crippen molar-refractivity contribution in [2.45, 2.75) is 26.4 Å². The molecule has 0 amide bonds. The Morgan fingerprint density at radius 2 is 2.35 bits per heavy atom. The van der Waals surface area contributed by atoms with E-state index in [9.17, 15) is 0 Å². The molecule has 1 unspecified atom stereocenters. The molecule has 1 fully saturated rings. The predicted octanol–water partition coefficient (Wildman–Crippen LogP) is 2.05. The van der Waals surface area contributed by atoms with E-state index in [1.54, 1.807) is 0 Å². The second kappa shape index (κ2) is 5.74. The topological polar surface area (TPSA) is 28.2 Å². The predicted molar refractivity (Wildman–Crippen MR) is 75.9 cm³/mol. The summed E-state index contributed by atoms with van der Waals surface area (Å²) < 4.78 is 0. The molecule has 0 spiro atoms. The molecule has 0 saturated carbocycles. The third kappa shape index (κ3) is 2.93. The highest BCUT2D eigenvalue weighted by Gasteiger charge is 2.20. The number of nitrogens with one attached hydrogen (secondary N) is 1. The van der Waals surface area contributed by atoms with Crippen LogP contribution in [-0.4, -0.2) is 36.1 Å². The molecule has 3 nitrogen and oxygen atoms in total. The molecular formula is C13H21N3S. The van der Waals surface area contributed by atoms with Crippen molar-refractivity contribution in [1.29, 1.82) is 0 Å². The Morgan fingerprint density at radius 1 is 1.53 bits per heavy atom. The number of aryl methyl sites for hydroxylation is 1. The monoisotopic (exact) mass is 251 g/mol. The fourth-order valence-electron chi connectivity index (χ4n) is 2.18. The van der Waals surface area contributed by atoms with E-state index < -0.39 is 0 Å². The van der Waals surface area contributed by atoms with Crippen molar-refractivity contribution in [3.8, 4) is 0 Å². The fraction of sp³-hybridized carbons (Fsp3) is 0.615. The normalized spacial score (nSPS) is 20.6. The minimum Gasteiger partial charge on any atom is -0.352 e. The fourth-order valence-corrected chi connectivity index (χ4v) is 3.19. The van der Waals surface area contributed by atoms with Gasteiger partial charge in [0.25, 0.3) is 0 Å². The van der Waals surface area contributed by atoms with E-state index in [2.05, 4.69) is 36.2 Å². The zero-order valence-electron chi connectivity index (χ0n) is 10.9. The first kappa shape index (κ1) is 12.7. The second-order valence-electron chi connectivity index (χ2n) is 4.56. The Morgan fingerprint density at radius 3 is 3.00 bits per heavy atom. The average molecular weight is 251 g/mol. The van der Waals surface area contributed by atoms with Gasteiger partial charge in [-0.15, -0.1) is 0 Å². The highest BCUT2D eigenvalue weighted by atomic mass is 32.2. The highest BCUT2D eigenvalue weighted by molar-refractivity contribution is 7.99. The molecule has 1 aliphatic heterocycles. The van der Waals surface area contributed by atoms with Gasteiger partial charge in [0.2, 0.25) is 0 Å². The Kier molecular flexibility index (Phi) is 4.29. The summed E-state index contributed by atoms with van der Waals surface area (Å²) in [5.74, 6) is 3.55. The second-order valence-corrected chi connectivity index (χ2v) is 5.71. The lowest BCUT2D eigenvalue weighted by Gasteiger charge is -2.34. The van der Waals surface area contributed by atoms with Crippen LogP contribution in [0.5, 0.6) is 0 Å². The van der Waals surface area contributed by atoms with E-state index in [-0.39, 0.29) is 0 Å². The Labute approximate surface area is 108 Å². The van der Waals surface area contributed by atoms with Crippen LogP contribution in [-0.2, 0) is 6.54 Å². The van der Waals surface area contributed by atoms with Gasteiger partial charge in [0, 0.05) is 36.3 Å². The van der Waals surface area contributed by atoms with Gasteiger partial charge in [0.05, 0.1) is 0 Å². The molecule has 1 N–H and O–H groups in total. The molecule has 1 aromatic heterocycles. The molecular weight excluding hydrogens is 230 g/mol. The molecule has 0 bridgehead atoms. The zero-order valence-corrected chi connectivity index (χ0v) is 11.7. The molecule has 0 radical (unpaired) electrons. The summed E-state index contributed by atoms with van der Waals surface area (Å²) in [5, 5.41) is 3.18. The number of nitrogens with zero attached hydrogens (tertiary/aromatic N) is 2. The number of hydrogen-bond donors (Lipinski definition) is 1. The van der Waals surface area contributed by atoms with E-state index in [0.29, 0.717) is 6.04 Å². The van der Waals surface area contributed by atoms with Crippen LogP contribution in [0.4, 0.5) is 5.82 Å². The third-order valence-corrected chi connectivity index (χ3v) is 4.40. The molecule has 1 aliphatic rings. The van der Waals surface area contributed by atoms with E-state index in [1.807, 2.05) is 18.8 Å². The number of hydrogen-bond acceptors (Lipinski definition) is 4. The van der Waals surface area contributed by atoms with Crippen molar-refractivity contribution in [2.24, 2.45) is 0 Å². The first-order chi connectivity index (χ1) is 8.22. The number of thioether (sulfide) groups is 1. The van der Waals surface area contributed by atoms with Crippen LogP contribution in [0, 0.1) is 6.92 Å². The molecule has 2 heterocycles. The van der Waals surface area contributed by atoms with Crippen LogP contribution >= 0.6 is 11.8 Å². The van der Waals surface area contributed by atoms with E-state index in [1.165, 1.54) is 17.1 Å². The summed E-state index contributed by atoms with van der Waals surface area (Å²) in [6, 6.07) is 4.95. The summed E-state index contributed by atoms with van der Waals surface area (Å²) >= 11 is 2.04. The number of pyridine rings is 1. The van der Waals surface area contributed by atoms with Crippen molar-refractivity contribution in [2.75, 3.05) is 30.0 Å². The van der Waals surface area contributed by atoms with Gasteiger partial charge < -0.3 is 10.2 Å². The van der Waals surface area contributed by atoms with Crippen LogP contribution in [0.2, 0.25) is 0 Å². The molecule has 94 valence electrons. The summed E-state index contributed by atoms with van der Waals surface area (Å²) in [6.45, 7) is 6.39. The lowest BCUT2D eigenvalue weighted by molar-refractivity contribution is 0.687. The van der Waals surface area contributed by atoms with Crippen molar-refractivity contribution < 1.29 is 0 Å². The summed E-state index contributed by atoms with van der Waals surface area (Å²) in [4.78, 5) is 7.17. The van der Waals surface area contributed by atoms with Crippen LogP contribution in [0.15, 0.2) is 12.1 Å². The van der Waals surface area contributed by atoms with Gasteiger partial charge >= 0.3 is 0 Å². The molecule has 1 saturated heterocycles. The maximum absolute atomic E-state index is 4.74. The third-order valence-electron chi connectivity index (χ3n) is 3.21. The maximum atomic E-state index is 4.74. The van der Waals surface area contributed by atoms with Gasteiger partial charge in [0.1, 0.15) is 5.82 Å². The van der Waals surface area contributed by atoms with Crippen molar-refractivity contribution in [3.05, 3.63) is 23.4 Å². The lowest BCUT2D eigenvalue weighted by Crippen LogP contribution is -2.41. The van der Waals surface area contributed by atoms with Crippen LogP contribution in [0.25, 0.3) is 0 Å². The SMILES string of the molecule is CNCc1ccc(N2CCSCC2C)nc1C. The number of aromatic nitrogens is 1. The molecule has 1 atom stereocenters. The lowest BCUT2D eigenvalue weighted by atomic mass is 10.2. The molecule has 0 aliphatic carbocycles. The van der Waals surface area contributed by atoms with E-state index in [0.717, 1.165) is 24.6 Å². The van der Waals surface area contributed by atoms with Gasteiger partial charge in [-0.05, 0) is 32.5 Å². The minimum absolute atomic E-state index is 0.593. The number of rotatable bonds is 3. The van der Waals surface area contributed by atoms with Crippen molar-refractivity contribution >= 4 is 17.6 Å². The standard InChI is InChI=1S/C13H21N3S/c1-10-9-17-7-6-16(10)13-5-4-12(8-14-3)11(2)15-13/h4-5,10,14H,6-9H2,1-3H3. The number of anilines is 1. The Bertz CT molecular complexity index is 381. The van der Waals surface area contributed by atoms with E-state index in [4.69, 9.17) is 4.98 Å². The van der Waals surface area contributed by atoms with Crippen LogP contribution in [0.3, 0.4) is 0 Å². The molecule has 17 heavy (non-hydrogen) atoms. The highest BCUT2D eigenvalue weighted by Crippen LogP contribution is 2.23. The van der Waals surface area contributed by atoms with Gasteiger partial charge in [-0.2, -0.15) is 11.8 Å². The molecule has 2 rings (SSSR count). The first-order valence-electron chi connectivity index (χ1n) is 6.18. The van der Waals surface area contributed by atoms with Crippen LogP contribution in [0.1, 0.15) is 18.2 Å². The van der Waals surface area contributed by atoms with Gasteiger partial charge in [-0.25, -0.2) is 4.98 Å². The van der Waals surface area contributed by atoms with Crippen molar-refractivity contribution in [3.63, 3.8) is 0 Å². The van der Waals surface area contributed by atoms with Gasteiger partial charge in [0.15, 0.2) is 0 Å². The largest absolute Gasteiger partial charge is 0.352 e. The van der Waals surface area contributed by atoms with Gasteiger partial charge in [-0.3, -0.25) is 0 Å². The molecule has 1 aromatic rings. The van der Waals surface area contributed by atoms with Crippen LogP contribution < -0.4 is 10.2 Å². The Hall–Kier alpha value is -0.740. The minimum atomic E-state index is 0.593. The van der Waals surface area contributed by atoms with Gasteiger partial charge in [-0.1, -0.05) is 6.07 Å².